The second-order valence-electron chi connectivity index (χ2n) is 12.0. The Hall–Kier alpha value is -6.12. The van der Waals surface area contributed by atoms with Gasteiger partial charge in [-0.2, -0.15) is 0 Å². The lowest BCUT2D eigenvalue weighted by molar-refractivity contribution is 0.617. The van der Waals surface area contributed by atoms with E-state index in [0.717, 1.165) is 49.6 Å². The Balaban J connectivity index is 1.24. The second-order valence-corrected chi connectivity index (χ2v) is 12.0. The summed E-state index contributed by atoms with van der Waals surface area (Å²) >= 11 is 0. The van der Waals surface area contributed by atoms with Crippen molar-refractivity contribution in [3.8, 4) is 33.4 Å². The lowest BCUT2D eigenvalue weighted by Crippen LogP contribution is -1.91. The topological polar surface area (TPSA) is 26.3 Å². The molecular formula is C44H26O2. The fourth-order valence-electron chi connectivity index (χ4n) is 7.47. The highest BCUT2D eigenvalue weighted by atomic mass is 16.3. The first-order valence-electron chi connectivity index (χ1n) is 15.7. The van der Waals surface area contributed by atoms with Crippen LogP contribution < -0.4 is 0 Å². The van der Waals surface area contributed by atoms with Gasteiger partial charge < -0.3 is 8.83 Å². The van der Waals surface area contributed by atoms with Gasteiger partial charge in [-0.1, -0.05) is 127 Å². The van der Waals surface area contributed by atoms with E-state index in [2.05, 4.69) is 146 Å². The standard InChI is InChI=1S/C44H26O2/c1-2-11-28(12-3-1)39-26-45-41-24-37-36-23-29(21-22-40(36)46-42(37)25-38(39)41)43-32-16-6-8-18-34(32)44(35-19-9-7-17-33(35)43)31-20-10-14-27-13-4-5-15-30(27)31/h1-26H. The van der Waals surface area contributed by atoms with Crippen LogP contribution in [0.1, 0.15) is 0 Å². The van der Waals surface area contributed by atoms with E-state index < -0.39 is 0 Å². The zero-order chi connectivity index (χ0) is 30.2. The molecule has 0 unspecified atom stereocenters. The molecular weight excluding hydrogens is 560 g/mol. The molecule has 8 aromatic carbocycles. The molecule has 2 aromatic heterocycles. The van der Waals surface area contributed by atoms with Crippen molar-refractivity contribution in [1.29, 1.82) is 0 Å². The van der Waals surface area contributed by atoms with Crippen LogP contribution in [0.3, 0.4) is 0 Å². The zero-order valence-electron chi connectivity index (χ0n) is 24.8. The SMILES string of the molecule is c1ccc(-c2coc3cc4c(cc23)oc2ccc(-c3c5ccccc5c(-c5cccc6ccccc56)c5ccccc35)cc24)cc1. The normalized spacial score (nSPS) is 11.9. The maximum atomic E-state index is 6.46. The van der Waals surface area contributed by atoms with Crippen LogP contribution in [-0.2, 0) is 0 Å². The average molecular weight is 587 g/mol. The zero-order valence-corrected chi connectivity index (χ0v) is 24.8. The van der Waals surface area contributed by atoms with Gasteiger partial charge in [0.25, 0.3) is 0 Å². The Morgan fingerprint density at radius 3 is 1.70 bits per heavy atom. The number of furan rings is 2. The molecule has 46 heavy (non-hydrogen) atoms. The molecule has 0 atom stereocenters. The minimum atomic E-state index is 0.856. The van der Waals surface area contributed by atoms with E-state index in [4.69, 9.17) is 8.83 Å². The highest BCUT2D eigenvalue weighted by molar-refractivity contribution is 6.24. The van der Waals surface area contributed by atoms with Crippen LogP contribution in [0.4, 0.5) is 0 Å². The summed E-state index contributed by atoms with van der Waals surface area (Å²) in [5.74, 6) is 0. The minimum absolute atomic E-state index is 0.856. The molecule has 0 spiro atoms. The van der Waals surface area contributed by atoms with Crippen LogP contribution >= 0.6 is 0 Å². The summed E-state index contributed by atoms with van der Waals surface area (Å²) in [4.78, 5) is 0. The van der Waals surface area contributed by atoms with Crippen LogP contribution in [0.25, 0.3) is 98.6 Å². The maximum Gasteiger partial charge on any atom is 0.136 e. The van der Waals surface area contributed by atoms with Gasteiger partial charge in [-0.25, -0.2) is 0 Å². The summed E-state index contributed by atoms with van der Waals surface area (Å²) in [5, 5.41) is 10.7. The van der Waals surface area contributed by atoms with Crippen LogP contribution in [0, 0.1) is 0 Å². The van der Waals surface area contributed by atoms with Gasteiger partial charge in [-0.15, -0.1) is 0 Å². The predicted octanol–water partition coefficient (Wildman–Crippen LogP) is 12.8. The van der Waals surface area contributed by atoms with Gasteiger partial charge in [-0.05, 0) is 84.4 Å². The molecule has 0 N–H and O–H groups in total. The molecule has 0 fully saturated rings. The van der Waals surface area contributed by atoms with Gasteiger partial charge in [0.15, 0.2) is 0 Å². The quantitative estimate of drug-likeness (QED) is 0.193. The summed E-state index contributed by atoms with van der Waals surface area (Å²) in [6.07, 6.45) is 1.85. The lowest BCUT2D eigenvalue weighted by atomic mass is 9.84. The van der Waals surface area contributed by atoms with Crippen LogP contribution in [0.15, 0.2) is 167 Å². The van der Waals surface area contributed by atoms with Crippen molar-refractivity contribution >= 4 is 65.2 Å². The summed E-state index contributed by atoms with van der Waals surface area (Å²) in [5.41, 5.74) is 9.71. The van der Waals surface area contributed by atoms with Crippen LogP contribution in [0.5, 0.6) is 0 Å². The third-order valence-electron chi connectivity index (χ3n) is 9.53. The predicted molar refractivity (Wildman–Crippen MR) is 192 cm³/mol. The van der Waals surface area contributed by atoms with Crippen molar-refractivity contribution in [1.82, 2.24) is 0 Å². The van der Waals surface area contributed by atoms with Gasteiger partial charge in [0.2, 0.25) is 0 Å². The molecule has 0 saturated heterocycles. The minimum Gasteiger partial charge on any atom is -0.464 e. The summed E-state index contributed by atoms with van der Waals surface area (Å²) in [6, 6.07) is 54.2. The Bertz CT molecular complexity index is 2740. The molecule has 10 aromatic rings. The summed E-state index contributed by atoms with van der Waals surface area (Å²) in [6.45, 7) is 0. The third kappa shape index (κ3) is 3.65. The number of hydrogen-bond donors (Lipinski definition) is 0. The van der Waals surface area contributed by atoms with E-state index in [-0.39, 0.29) is 0 Å². The number of rotatable bonds is 3. The molecule has 0 radical (unpaired) electrons. The van der Waals surface area contributed by atoms with E-state index in [9.17, 15) is 0 Å². The Kier molecular flexibility index (Phi) is 5.31. The monoisotopic (exact) mass is 586 g/mol. The van der Waals surface area contributed by atoms with Crippen molar-refractivity contribution in [2.75, 3.05) is 0 Å². The molecule has 0 amide bonds. The van der Waals surface area contributed by atoms with Crippen LogP contribution in [-0.4, -0.2) is 0 Å². The van der Waals surface area contributed by atoms with E-state index >= 15 is 0 Å². The molecule has 0 saturated carbocycles. The first kappa shape index (κ1) is 25.2. The Labute approximate surface area is 264 Å². The van der Waals surface area contributed by atoms with E-state index in [0.29, 0.717) is 0 Å². The average Bonchev–Trinajstić information content (AvgIpc) is 3.70. The third-order valence-corrected chi connectivity index (χ3v) is 9.53. The number of hydrogen-bond acceptors (Lipinski definition) is 2. The van der Waals surface area contributed by atoms with Gasteiger partial charge >= 0.3 is 0 Å². The van der Waals surface area contributed by atoms with Crippen molar-refractivity contribution < 1.29 is 8.83 Å². The van der Waals surface area contributed by atoms with E-state index in [1.165, 1.54) is 49.0 Å². The van der Waals surface area contributed by atoms with Gasteiger partial charge in [0, 0.05) is 21.7 Å². The first-order chi connectivity index (χ1) is 22.8. The molecule has 2 nitrogen and oxygen atoms in total. The fraction of sp³-hybridized carbons (Fsp3) is 0. The fourth-order valence-corrected chi connectivity index (χ4v) is 7.47. The number of benzene rings is 8. The summed E-state index contributed by atoms with van der Waals surface area (Å²) < 4.78 is 12.6. The van der Waals surface area contributed by atoms with Gasteiger partial charge in [0.1, 0.15) is 16.7 Å². The smallest absolute Gasteiger partial charge is 0.136 e. The molecule has 0 aliphatic carbocycles. The number of fused-ring (bicyclic) bond motifs is 7. The van der Waals surface area contributed by atoms with Gasteiger partial charge in [0.05, 0.1) is 6.26 Å². The second kappa shape index (κ2) is 9.69. The lowest BCUT2D eigenvalue weighted by Gasteiger charge is -2.18. The Morgan fingerprint density at radius 1 is 0.326 bits per heavy atom. The van der Waals surface area contributed by atoms with Crippen molar-refractivity contribution in [3.63, 3.8) is 0 Å². The molecule has 0 aliphatic rings. The largest absolute Gasteiger partial charge is 0.464 e. The Morgan fingerprint density at radius 2 is 0.935 bits per heavy atom. The van der Waals surface area contributed by atoms with E-state index in [1.807, 2.05) is 12.3 Å². The molecule has 0 bridgehead atoms. The molecule has 2 heteroatoms. The molecule has 0 aliphatic heterocycles. The van der Waals surface area contributed by atoms with Crippen LogP contribution in [0.2, 0.25) is 0 Å². The van der Waals surface area contributed by atoms with Crippen molar-refractivity contribution in [3.05, 3.63) is 158 Å². The molecule has 2 heterocycles. The highest BCUT2D eigenvalue weighted by Gasteiger charge is 2.19. The van der Waals surface area contributed by atoms with Crippen molar-refractivity contribution in [2.45, 2.75) is 0 Å². The van der Waals surface area contributed by atoms with Gasteiger partial charge in [-0.3, -0.25) is 0 Å². The van der Waals surface area contributed by atoms with Crippen molar-refractivity contribution in [2.24, 2.45) is 0 Å². The highest BCUT2D eigenvalue weighted by Crippen LogP contribution is 2.46. The first-order valence-corrected chi connectivity index (χ1v) is 15.7. The summed E-state index contributed by atoms with van der Waals surface area (Å²) in [7, 11) is 0. The molecule has 214 valence electrons. The molecule has 10 rings (SSSR count). The maximum absolute atomic E-state index is 6.46. The van der Waals surface area contributed by atoms with E-state index in [1.54, 1.807) is 0 Å².